The first-order valence-corrected chi connectivity index (χ1v) is 6.65. The molecule has 1 amide bonds. The minimum Gasteiger partial charge on any atom is -0.444 e. The molecule has 0 aliphatic carbocycles. The van der Waals surface area contributed by atoms with E-state index in [4.69, 9.17) is 4.74 Å². The summed E-state index contributed by atoms with van der Waals surface area (Å²) in [6, 6.07) is 3.16. The number of ether oxygens (including phenoxy) is 1. The molecular formula is C16H16F3NO3. The molecule has 0 saturated heterocycles. The number of halogens is 3. The van der Waals surface area contributed by atoms with Crippen molar-refractivity contribution in [2.45, 2.75) is 32.5 Å². The van der Waals surface area contributed by atoms with Crippen LogP contribution >= 0.6 is 0 Å². The molecule has 1 N–H and O–H groups in total. The van der Waals surface area contributed by atoms with E-state index in [9.17, 15) is 22.8 Å². The molecule has 0 fully saturated rings. The number of amides is 1. The van der Waals surface area contributed by atoms with E-state index in [1.165, 1.54) is 6.07 Å². The Morgan fingerprint density at radius 2 is 1.96 bits per heavy atom. The van der Waals surface area contributed by atoms with Crippen molar-refractivity contribution in [3.8, 4) is 11.8 Å². The molecule has 7 heteroatoms. The summed E-state index contributed by atoms with van der Waals surface area (Å²) in [5.74, 6) is 5.01. The lowest BCUT2D eigenvalue weighted by Gasteiger charge is -2.19. The van der Waals surface area contributed by atoms with E-state index in [0.29, 0.717) is 0 Å². The third-order valence-corrected chi connectivity index (χ3v) is 2.44. The lowest BCUT2D eigenvalue weighted by Crippen LogP contribution is -2.32. The maximum absolute atomic E-state index is 12.8. The van der Waals surface area contributed by atoms with Crippen LogP contribution in [0.4, 0.5) is 18.0 Å². The van der Waals surface area contributed by atoms with Crippen LogP contribution in [-0.2, 0) is 10.9 Å². The molecule has 0 spiro atoms. The number of benzene rings is 1. The van der Waals surface area contributed by atoms with Crippen LogP contribution in [0.15, 0.2) is 18.2 Å². The molecule has 0 atom stereocenters. The number of alkyl carbamates (subject to hydrolysis) is 1. The molecule has 124 valence electrons. The summed E-state index contributed by atoms with van der Waals surface area (Å²) in [5, 5.41) is 2.36. The first-order valence-electron chi connectivity index (χ1n) is 6.65. The average Bonchev–Trinajstić information content (AvgIpc) is 2.40. The summed E-state index contributed by atoms with van der Waals surface area (Å²) in [5.41, 5.74) is -2.05. The topological polar surface area (TPSA) is 55.4 Å². The Morgan fingerprint density at radius 1 is 1.30 bits per heavy atom. The van der Waals surface area contributed by atoms with Gasteiger partial charge in [0.15, 0.2) is 6.29 Å². The summed E-state index contributed by atoms with van der Waals surface area (Å²) in [7, 11) is 0. The van der Waals surface area contributed by atoms with Gasteiger partial charge in [0.05, 0.1) is 12.1 Å². The van der Waals surface area contributed by atoms with Crippen LogP contribution in [0.5, 0.6) is 0 Å². The van der Waals surface area contributed by atoms with Gasteiger partial charge in [-0.2, -0.15) is 13.2 Å². The molecule has 1 rings (SSSR count). The molecule has 1 aromatic carbocycles. The van der Waals surface area contributed by atoms with Gasteiger partial charge in [-0.15, -0.1) is 0 Å². The highest BCUT2D eigenvalue weighted by molar-refractivity contribution is 5.78. The third kappa shape index (κ3) is 6.43. The number of hydrogen-bond acceptors (Lipinski definition) is 3. The standard InChI is InChI=1S/C16H16F3NO3/c1-15(2,3)23-14(22)20-8-4-5-11-6-7-12(10-21)13(9-11)16(17,18)19/h6-7,9-10H,8H2,1-3H3,(H,20,22). The lowest BCUT2D eigenvalue weighted by molar-refractivity contribution is -0.137. The maximum atomic E-state index is 12.8. The van der Waals surface area contributed by atoms with Crippen LogP contribution in [0, 0.1) is 11.8 Å². The highest BCUT2D eigenvalue weighted by Crippen LogP contribution is 2.31. The van der Waals surface area contributed by atoms with Crippen LogP contribution in [-0.4, -0.2) is 24.5 Å². The molecule has 4 nitrogen and oxygen atoms in total. The Morgan fingerprint density at radius 3 is 2.48 bits per heavy atom. The van der Waals surface area contributed by atoms with E-state index >= 15 is 0 Å². The Bertz CT molecular complexity index is 649. The van der Waals surface area contributed by atoms with Crippen LogP contribution in [0.1, 0.15) is 42.3 Å². The van der Waals surface area contributed by atoms with Crippen molar-refractivity contribution in [1.29, 1.82) is 0 Å². The number of aldehydes is 1. The second-order valence-corrected chi connectivity index (χ2v) is 5.57. The average molecular weight is 327 g/mol. The van der Waals surface area contributed by atoms with Gasteiger partial charge in [0.25, 0.3) is 0 Å². The number of carbonyl (C=O) groups excluding carboxylic acids is 2. The predicted octanol–water partition coefficient (Wildman–Crippen LogP) is 3.39. The van der Waals surface area contributed by atoms with E-state index in [-0.39, 0.29) is 18.4 Å². The minimum absolute atomic E-state index is 0.0777. The van der Waals surface area contributed by atoms with Crippen LogP contribution in [0.25, 0.3) is 0 Å². The fourth-order valence-electron chi connectivity index (χ4n) is 1.56. The second kappa shape index (κ2) is 7.18. The summed E-state index contributed by atoms with van der Waals surface area (Å²) in [4.78, 5) is 22.0. The zero-order valence-corrected chi connectivity index (χ0v) is 12.9. The predicted molar refractivity (Wildman–Crippen MR) is 77.9 cm³/mol. The van der Waals surface area contributed by atoms with Crippen LogP contribution in [0.3, 0.4) is 0 Å². The van der Waals surface area contributed by atoms with E-state index in [1.54, 1.807) is 20.8 Å². The second-order valence-electron chi connectivity index (χ2n) is 5.57. The Labute approximate surface area is 132 Å². The lowest BCUT2D eigenvalue weighted by atomic mass is 10.0. The summed E-state index contributed by atoms with van der Waals surface area (Å²) < 4.78 is 43.3. The van der Waals surface area contributed by atoms with Gasteiger partial charge in [0.1, 0.15) is 5.60 Å². The highest BCUT2D eigenvalue weighted by atomic mass is 19.4. The Kier molecular flexibility index (Phi) is 5.79. The SMILES string of the molecule is CC(C)(C)OC(=O)NCC#Cc1ccc(C=O)c(C(F)(F)F)c1. The van der Waals surface area contributed by atoms with Crippen molar-refractivity contribution in [2.75, 3.05) is 6.54 Å². The maximum Gasteiger partial charge on any atom is 0.417 e. The quantitative estimate of drug-likeness (QED) is 0.669. The number of nitrogens with one attached hydrogen (secondary N) is 1. The molecule has 0 saturated carbocycles. The fraction of sp³-hybridized carbons (Fsp3) is 0.375. The zero-order valence-electron chi connectivity index (χ0n) is 12.9. The molecule has 0 heterocycles. The number of rotatable bonds is 2. The fourth-order valence-corrected chi connectivity index (χ4v) is 1.56. The van der Waals surface area contributed by atoms with Gasteiger partial charge in [0, 0.05) is 11.1 Å². The van der Waals surface area contributed by atoms with Crippen molar-refractivity contribution in [2.24, 2.45) is 0 Å². The van der Waals surface area contributed by atoms with E-state index < -0.39 is 29.0 Å². The van der Waals surface area contributed by atoms with Crippen molar-refractivity contribution in [3.63, 3.8) is 0 Å². The largest absolute Gasteiger partial charge is 0.444 e. The number of carbonyl (C=O) groups is 2. The van der Waals surface area contributed by atoms with Crippen molar-refractivity contribution in [1.82, 2.24) is 5.32 Å². The smallest absolute Gasteiger partial charge is 0.417 e. The van der Waals surface area contributed by atoms with Crippen LogP contribution in [0.2, 0.25) is 0 Å². The van der Waals surface area contributed by atoms with E-state index in [1.807, 2.05) is 0 Å². The van der Waals surface area contributed by atoms with E-state index in [0.717, 1.165) is 12.1 Å². The van der Waals surface area contributed by atoms with Gasteiger partial charge in [-0.1, -0.05) is 11.8 Å². The van der Waals surface area contributed by atoms with Crippen LogP contribution < -0.4 is 5.32 Å². The monoisotopic (exact) mass is 327 g/mol. The van der Waals surface area contributed by atoms with Gasteiger partial charge in [-0.3, -0.25) is 4.79 Å². The number of hydrogen-bond donors (Lipinski definition) is 1. The van der Waals surface area contributed by atoms with Crippen molar-refractivity contribution >= 4 is 12.4 Å². The highest BCUT2D eigenvalue weighted by Gasteiger charge is 2.33. The molecule has 0 unspecified atom stereocenters. The zero-order chi connectivity index (χ0) is 17.7. The number of alkyl halides is 3. The molecule has 0 bridgehead atoms. The summed E-state index contributed by atoms with van der Waals surface area (Å²) in [6.07, 6.45) is -5.16. The van der Waals surface area contributed by atoms with Gasteiger partial charge in [-0.05, 0) is 39.0 Å². The normalized spacial score (nSPS) is 11.2. The minimum atomic E-state index is -4.64. The van der Waals surface area contributed by atoms with Crippen molar-refractivity contribution < 1.29 is 27.5 Å². The third-order valence-electron chi connectivity index (χ3n) is 2.44. The molecule has 0 radical (unpaired) electrons. The Hall–Kier alpha value is -2.49. The molecule has 0 aliphatic rings. The first kappa shape index (κ1) is 18.6. The van der Waals surface area contributed by atoms with Gasteiger partial charge >= 0.3 is 12.3 Å². The first-order chi connectivity index (χ1) is 10.5. The van der Waals surface area contributed by atoms with Gasteiger partial charge in [-0.25, -0.2) is 4.79 Å². The molecule has 0 aromatic heterocycles. The van der Waals surface area contributed by atoms with Gasteiger partial charge < -0.3 is 10.1 Å². The summed E-state index contributed by atoms with van der Waals surface area (Å²) in [6.45, 7) is 5.02. The molecule has 23 heavy (non-hydrogen) atoms. The molecule has 0 aliphatic heterocycles. The van der Waals surface area contributed by atoms with Gasteiger partial charge in [0.2, 0.25) is 0 Å². The Balaban J connectivity index is 2.76. The molecular weight excluding hydrogens is 311 g/mol. The summed E-state index contributed by atoms with van der Waals surface area (Å²) >= 11 is 0. The van der Waals surface area contributed by atoms with Crippen molar-refractivity contribution in [3.05, 3.63) is 34.9 Å². The van der Waals surface area contributed by atoms with E-state index in [2.05, 4.69) is 17.2 Å². The molecule has 1 aromatic rings.